The molecule has 2 amide bonds. The molecule has 0 unspecified atom stereocenters. The number of nitrogens with zero attached hydrogens (tertiary/aromatic N) is 1. The first-order valence-corrected chi connectivity index (χ1v) is 6.92. The lowest BCUT2D eigenvalue weighted by Gasteiger charge is -2.04. The van der Waals surface area contributed by atoms with Crippen LogP contribution >= 0.6 is 0 Å². The van der Waals surface area contributed by atoms with Crippen LogP contribution in [0.15, 0.2) is 67.5 Å². The van der Waals surface area contributed by atoms with Gasteiger partial charge in [-0.15, -0.1) is 6.58 Å². The molecule has 1 aromatic carbocycles. The van der Waals surface area contributed by atoms with Crippen molar-refractivity contribution in [3.05, 3.63) is 73.1 Å². The van der Waals surface area contributed by atoms with Crippen LogP contribution in [0.5, 0.6) is 0 Å². The predicted molar refractivity (Wildman–Crippen MR) is 84.2 cm³/mol. The van der Waals surface area contributed by atoms with Gasteiger partial charge in [0, 0.05) is 18.3 Å². The van der Waals surface area contributed by atoms with Crippen molar-refractivity contribution in [2.24, 2.45) is 0 Å². The number of benzene rings is 1. The fourth-order valence-corrected chi connectivity index (χ4v) is 1.91. The number of rotatable bonds is 6. The van der Waals surface area contributed by atoms with Crippen molar-refractivity contribution in [1.82, 2.24) is 5.32 Å². The second kappa shape index (κ2) is 9.38. The summed E-state index contributed by atoms with van der Waals surface area (Å²) >= 11 is 0. The minimum atomic E-state index is -0.197. The molecule has 0 saturated heterocycles. The van der Waals surface area contributed by atoms with Crippen LogP contribution in [0, 0.1) is 0 Å². The van der Waals surface area contributed by atoms with Gasteiger partial charge in [0.25, 0.3) is 11.8 Å². The molecule has 0 saturated carbocycles. The summed E-state index contributed by atoms with van der Waals surface area (Å²) in [4.78, 5) is 23.8. The van der Waals surface area contributed by atoms with Gasteiger partial charge in [-0.3, -0.25) is 9.59 Å². The molecule has 0 aliphatic heterocycles. The van der Waals surface area contributed by atoms with E-state index in [0.29, 0.717) is 12.1 Å². The van der Waals surface area contributed by atoms with E-state index in [1.54, 1.807) is 35.2 Å². The van der Waals surface area contributed by atoms with Crippen LogP contribution < -0.4 is 27.6 Å². The molecule has 2 N–H and O–H groups in total. The van der Waals surface area contributed by atoms with Crippen molar-refractivity contribution < 1.29 is 26.6 Å². The van der Waals surface area contributed by atoms with Crippen LogP contribution in [0.25, 0.3) is 0 Å². The first kappa shape index (κ1) is 18.4. The van der Waals surface area contributed by atoms with Gasteiger partial charge in [-0.1, -0.05) is 24.3 Å². The summed E-state index contributed by atoms with van der Waals surface area (Å²) in [6.07, 6.45) is 5.00. The molecule has 0 bridgehead atoms. The van der Waals surface area contributed by atoms with Crippen LogP contribution in [0.1, 0.15) is 10.4 Å². The molecule has 0 radical (unpaired) electrons. The molecule has 120 valence electrons. The van der Waals surface area contributed by atoms with Crippen LogP contribution in [-0.4, -0.2) is 18.4 Å². The Balaban J connectivity index is 0.00000264. The zero-order valence-corrected chi connectivity index (χ0v) is 13.3. The van der Waals surface area contributed by atoms with E-state index in [0.717, 1.165) is 5.69 Å². The highest BCUT2D eigenvalue weighted by atomic mass is 35.5. The third-order valence-corrected chi connectivity index (χ3v) is 2.91. The van der Waals surface area contributed by atoms with Crippen LogP contribution in [-0.2, 0) is 11.3 Å². The van der Waals surface area contributed by atoms with Gasteiger partial charge in [0.1, 0.15) is 5.56 Å². The highest BCUT2D eigenvalue weighted by Crippen LogP contribution is 2.04. The minimum Gasteiger partial charge on any atom is -1.00 e. The van der Waals surface area contributed by atoms with Gasteiger partial charge >= 0.3 is 0 Å². The average Bonchev–Trinajstić information content (AvgIpc) is 2.53. The Labute approximate surface area is 141 Å². The number of aromatic nitrogens is 1. The lowest BCUT2D eigenvalue weighted by atomic mass is 10.2. The van der Waals surface area contributed by atoms with Crippen LogP contribution in [0.2, 0.25) is 0 Å². The molecule has 2 aromatic rings. The lowest BCUT2D eigenvalue weighted by molar-refractivity contribution is -0.684. The zero-order valence-electron chi connectivity index (χ0n) is 12.5. The number of nitrogens with one attached hydrogen (secondary N) is 2. The molecule has 23 heavy (non-hydrogen) atoms. The van der Waals surface area contributed by atoms with Crippen molar-refractivity contribution in [3.8, 4) is 0 Å². The Hall–Kier alpha value is -2.66. The second-order valence-corrected chi connectivity index (χ2v) is 4.68. The fourth-order valence-electron chi connectivity index (χ4n) is 1.91. The van der Waals surface area contributed by atoms with E-state index in [4.69, 9.17) is 0 Å². The van der Waals surface area contributed by atoms with Crippen molar-refractivity contribution in [1.29, 1.82) is 0 Å². The maximum Gasteiger partial charge on any atom is 0.290 e. The average molecular weight is 332 g/mol. The molecular formula is C17H18ClN3O2. The molecule has 0 spiro atoms. The molecular weight excluding hydrogens is 314 g/mol. The number of para-hydroxylation sites is 1. The number of carbonyl (C=O) groups excluding carboxylic acids is 2. The number of hydrogen-bond donors (Lipinski definition) is 2. The third-order valence-electron chi connectivity index (χ3n) is 2.91. The Kier molecular flexibility index (Phi) is 7.50. The Morgan fingerprint density at radius 2 is 1.87 bits per heavy atom. The lowest BCUT2D eigenvalue weighted by Crippen LogP contribution is -3.00. The maximum absolute atomic E-state index is 12.0. The summed E-state index contributed by atoms with van der Waals surface area (Å²) < 4.78 is 1.67. The van der Waals surface area contributed by atoms with Gasteiger partial charge in [0.05, 0.1) is 0 Å². The summed E-state index contributed by atoms with van der Waals surface area (Å²) in [5.74, 6) is -0.349. The SMILES string of the molecule is C=CCNC(=O)c1ccc[n+](CC(=O)Nc2ccccc2)c1.[Cl-]. The highest BCUT2D eigenvalue weighted by Gasteiger charge is 2.13. The molecule has 1 heterocycles. The van der Waals surface area contributed by atoms with Gasteiger partial charge in [-0.2, -0.15) is 4.57 Å². The number of halogens is 1. The van der Waals surface area contributed by atoms with Crippen LogP contribution in [0.3, 0.4) is 0 Å². The molecule has 6 heteroatoms. The number of amides is 2. The standard InChI is InChI=1S/C17H17N3O2.ClH/c1-2-10-18-17(22)14-7-6-11-20(12-14)13-16(21)19-15-8-4-3-5-9-15;/h2-9,11-12H,1,10,13H2,(H-,18,19,21,22);1H. The summed E-state index contributed by atoms with van der Waals surface area (Å²) in [6, 6.07) is 12.7. The first-order valence-electron chi connectivity index (χ1n) is 6.92. The van der Waals surface area contributed by atoms with Gasteiger partial charge in [-0.05, 0) is 18.2 Å². The predicted octanol–water partition coefficient (Wildman–Crippen LogP) is -1.47. The van der Waals surface area contributed by atoms with E-state index < -0.39 is 0 Å². The molecule has 0 aliphatic rings. The molecule has 5 nitrogen and oxygen atoms in total. The number of anilines is 1. The highest BCUT2D eigenvalue weighted by molar-refractivity contribution is 5.93. The molecule has 0 atom stereocenters. The quantitative estimate of drug-likeness (QED) is 0.502. The van der Waals surface area contributed by atoms with E-state index in [9.17, 15) is 9.59 Å². The van der Waals surface area contributed by atoms with E-state index in [1.165, 1.54) is 0 Å². The summed E-state index contributed by atoms with van der Waals surface area (Å²) in [5, 5.41) is 5.50. The summed E-state index contributed by atoms with van der Waals surface area (Å²) in [7, 11) is 0. The summed E-state index contributed by atoms with van der Waals surface area (Å²) in [5.41, 5.74) is 1.24. The smallest absolute Gasteiger partial charge is 0.290 e. The maximum atomic E-state index is 12.0. The fraction of sp³-hybridized carbons (Fsp3) is 0.118. The van der Waals surface area contributed by atoms with Crippen molar-refractivity contribution in [2.45, 2.75) is 6.54 Å². The van der Waals surface area contributed by atoms with E-state index in [2.05, 4.69) is 17.2 Å². The van der Waals surface area contributed by atoms with Gasteiger partial charge in [0.15, 0.2) is 12.4 Å². The monoisotopic (exact) mass is 331 g/mol. The molecule has 0 fully saturated rings. The van der Waals surface area contributed by atoms with E-state index >= 15 is 0 Å². The number of carbonyl (C=O) groups is 2. The third kappa shape index (κ3) is 5.92. The first-order chi connectivity index (χ1) is 10.7. The Morgan fingerprint density at radius 1 is 1.13 bits per heavy atom. The molecule has 0 aliphatic carbocycles. The zero-order chi connectivity index (χ0) is 15.8. The largest absolute Gasteiger partial charge is 1.00 e. The second-order valence-electron chi connectivity index (χ2n) is 4.68. The van der Waals surface area contributed by atoms with E-state index in [-0.39, 0.29) is 30.8 Å². The minimum absolute atomic E-state index is 0. The van der Waals surface area contributed by atoms with E-state index in [1.807, 2.05) is 30.3 Å². The van der Waals surface area contributed by atoms with Gasteiger partial charge < -0.3 is 23.0 Å². The topological polar surface area (TPSA) is 62.1 Å². The van der Waals surface area contributed by atoms with Crippen LogP contribution in [0.4, 0.5) is 5.69 Å². The number of hydrogen-bond acceptors (Lipinski definition) is 2. The van der Waals surface area contributed by atoms with Crippen molar-refractivity contribution >= 4 is 17.5 Å². The van der Waals surface area contributed by atoms with Gasteiger partial charge in [0.2, 0.25) is 6.54 Å². The molecule has 1 aromatic heterocycles. The summed E-state index contributed by atoms with van der Waals surface area (Å²) in [6.45, 7) is 4.09. The normalized spacial score (nSPS) is 9.39. The Morgan fingerprint density at radius 3 is 2.57 bits per heavy atom. The van der Waals surface area contributed by atoms with Crippen molar-refractivity contribution in [2.75, 3.05) is 11.9 Å². The Bertz CT molecular complexity index is 675. The van der Waals surface area contributed by atoms with Crippen molar-refractivity contribution in [3.63, 3.8) is 0 Å². The number of pyridine rings is 1. The molecule has 2 rings (SSSR count). The van der Waals surface area contributed by atoms with Gasteiger partial charge in [-0.25, -0.2) is 0 Å².